The highest BCUT2D eigenvalue weighted by atomic mass is 19.1. The molecule has 2 N–H and O–H groups in total. The fraction of sp³-hybridized carbons (Fsp3) is 0.258. The number of amides is 3. The van der Waals surface area contributed by atoms with Crippen molar-refractivity contribution in [3.63, 3.8) is 0 Å². The molecule has 7 nitrogen and oxygen atoms in total. The molecular formula is C31H29F2N3O4. The molecule has 0 saturated carbocycles. The average molecular weight is 546 g/mol. The number of benzene rings is 3. The lowest BCUT2D eigenvalue weighted by molar-refractivity contribution is -0.120. The van der Waals surface area contributed by atoms with Gasteiger partial charge >= 0.3 is 0 Å². The number of ether oxygens (including phenoxy) is 1. The van der Waals surface area contributed by atoms with Crippen LogP contribution in [0.4, 0.5) is 20.2 Å². The van der Waals surface area contributed by atoms with E-state index in [0.29, 0.717) is 18.2 Å². The van der Waals surface area contributed by atoms with Crippen LogP contribution in [-0.2, 0) is 25.5 Å². The van der Waals surface area contributed by atoms with Crippen molar-refractivity contribution in [3.05, 3.63) is 94.8 Å². The Kier molecular flexibility index (Phi) is 7.64. The van der Waals surface area contributed by atoms with Crippen molar-refractivity contribution < 1.29 is 27.9 Å². The summed E-state index contributed by atoms with van der Waals surface area (Å²) in [6.45, 7) is 3.11. The lowest BCUT2D eigenvalue weighted by Crippen LogP contribution is -2.34. The molecular weight excluding hydrogens is 516 g/mol. The number of nitrogens with zero attached hydrogens (tertiary/aromatic N) is 1. The minimum atomic E-state index is -0.898. The number of aryl methyl sites for hydroxylation is 1. The van der Waals surface area contributed by atoms with E-state index in [1.165, 1.54) is 13.0 Å². The number of carbonyl (C=O) groups excluding carboxylic acids is 3. The second-order valence-electron chi connectivity index (χ2n) is 9.82. The van der Waals surface area contributed by atoms with Crippen molar-refractivity contribution in [2.45, 2.75) is 39.2 Å². The van der Waals surface area contributed by atoms with Gasteiger partial charge in [-0.25, -0.2) is 8.78 Å². The van der Waals surface area contributed by atoms with E-state index >= 15 is 0 Å². The average Bonchev–Trinajstić information content (AvgIpc) is 3.25. The third-order valence-corrected chi connectivity index (χ3v) is 7.10. The van der Waals surface area contributed by atoms with Gasteiger partial charge in [-0.3, -0.25) is 19.3 Å². The molecule has 1 aliphatic heterocycles. The standard InChI is InChI=1S/C31H29F2N3O4/c1-3-40-29-25(17-36(31(29)39)28-14-11-22(32)16-26(28)33)30(38)35-27-6-4-5-20-7-8-21(15-24(20)27)19-9-12-23(13-10-19)34-18(2)37/h7-16,27H,3-6,17H2,1-2H3,(H,34,37)(H,35,38). The number of halogens is 2. The van der Waals surface area contributed by atoms with Crippen LogP contribution in [0.25, 0.3) is 11.1 Å². The lowest BCUT2D eigenvalue weighted by atomic mass is 9.85. The van der Waals surface area contributed by atoms with Gasteiger partial charge in [-0.2, -0.15) is 0 Å². The van der Waals surface area contributed by atoms with E-state index in [0.717, 1.165) is 46.1 Å². The van der Waals surface area contributed by atoms with Gasteiger partial charge in [0.15, 0.2) is 5.76 Å². The largest absolute Gasteiger partial charge is 0.488 e. The Bertz CT molecular complexity index is 1520. The number of rotatable bonds is 7. The third kappa shape index (κ3) is 5.45. The summed E-state index contributed by atoms with van der Waals surface area (Å²) in [5.74, 6) is -3.05. The molecule has 0 fully saturated rings. The Labute approximate surface area is 230 Å². The van der Waals surface area contributed by atoms with Crippen molar-refractivity contribution in [3.8, 4) is 11.1 Å². The summed E-state index contributed by atoms with van der Waals surface area (Å²) in [4.78, 5) is 39.1. The zero-order valence-corrected chi connectivity index (χ0v) is 22.2. The molecule has 3 aromatic carbocycles. The summed E-state index contributed by atoms with van der Waals surface area (Å²) >= 11 is 0. The molecule has 0 radical (unpaired) electrons. The van der Waals surface area contributed by atoms with E-state index in [1.807, 2.05) is 30.3 Å². The van der Waals surface area contributed by atoms with Crippen molar-refractivity contribution in [2.75, 3.05) is 23.4 Å². The summed E-state index contributed by atoms with van der Waals surface area (Å²) in [6.07, 6.45) is 2.48. The fourth-order valence-corrected chi connectivity index (χ4v) is 5.24. The SMILES string of the molecule is CCOC1=C(C(=O)NC2CCCc3ccc(-c4ccc(NC(C)=O)cc4)cc32)CN(c2ccc(F)cc2F)C1=O. The maximum absolute atomic E-state index is 14.5. The second-order valence-corrected chi connectivity index (χ2v) is 9.82. The van der Waals surface area contributed by atoms with Crippen LogP contribution in [0.5, 0.6) is 0 Å². The molecule has 0 spiro atoms. The first-order chi connectivity index (χ1) is 19.2. The molecule has 40 heavy (non-hydrogen) atoms. The van der Waals surface area contributed by atoms with Crippen molar-refractivity contribution >= 4 is 29.1 Å². The van der Waals surface area contributed by atoms with E-state index in [4.69, 9.17) is 4.74 Å². The zero-order chi connectivity index (χ0) is 28.4. The monoisotopic (exact) mass is 545 g/mol. The number of hydrogen-bond donors (Lipinski definition) is 2. The molecule has 3 amide bonds. The van der Waals surface area contributed by atoms with Crippen LogP contribution in [0.15, 0.2) is 72.0 Å². The highest BCUT2D eigenvalue weighted by molar-refractivity contribution is 6.15. The first kappa shape index (κ1) is 27.1. The Morgan fingerprint density at radius 1 is 1.02 bits per heavy atom. The van der Waals surface area contributed by atoms with Crippen LogP contribution in [0, 0.1) is 11.6 Å². The van der Waals surface area contributed by atoms with Gasteiger partial charge in [0.05, 0.1) is 30.5 Å². The van der Waals surface area contributed by atoms with Crippen molar-refractivity contribution in [1.82, 2.24) is 5.32 Å². The Morgan fingerprint density at radius 3 is 2.48 bits per heavy atom. The predicted molar refractivity (Wildman–Crippen MR) is 147 cm³/mol. The minimum absolute atomic E-state index is 0.104. The number of hydrogen-bond acceptors (Lipinski definition) is 4. The molecule has 1 aliphatic carbocycles. The van der Waals surface area contributed by atoms with E-state index in [2.05, 4.69) is 22.8 Å². The first-order valence-corrected chi connectivity index (χ1v) is 13.2. The molecule has 0 bridgehead atoms. The summed E-state index contributed by atoms with van der Waals surface area (Å²) in [6, 6.07) is 16.3. The normalized spacial score (nSPS) is 16.6. The van der Waals surface area contributed by atoms with Gasteiger partial charge in [-0.05, 0) is 78.8 Å². The molecule has 5 rings (SSSR count). The third-order valence-electron chi connectivity index (χ3n) is 7.10. The topological polar surface area (TPSA) is 87.7 Å². The molecule has 0 saturated heterocycles. The van der Waals surface area contributed by atoms with Gasteiger partial charge < -0.3 is 15.4 Å². The van der Waals surface area contributed by atoms with Gasteiger partial charge in [0, 0.05) is 18.7 Å². The first-order valence-electron chi connectivity index (χ1n) is 13.2. The Balaban J connectivity index is 1.39. The molecule has 2 aliphatic rings. The van der Waals surface area contributed by atoms with Crippen LogP contribution in [-0.4, -0.2) is 30.9 Å². The highest BCUT2D eigenvalue weighted by Crippen LogP contribution is 2.35. The smallest absolute Gasteiger partial charge is 0.294 e. The molecule has 206 valence electrons. The molecule has 3 aromatic rings. The van der Waals surface area contributed by atoms with Gasteiger partial charge in [0.1, 0.15) is 11.6 Å². The number of carbonyl (C=O) groups is 3. The lowest BCUT2D eigenvalue weighted by Gasteiger charge is -2.27. The van der Waals surface area contributed by atoms with Crippen LogP contribution >= 0.6 is 0 Å². The highest BCUT2D eigenvalue weighted by Gasteiger charge is 2.38. The van der Waals surface area contributed by atoms with Gasteiger partial charge in [-0.1, -0.05) is 24.3 Å². The van der Waals surface area contributed by atoms with Crippen molar-refractivity contribution in [2.24, 2.45) is 0 Å². The molecule has 1 atom stereocenters. The van der Waals surface area contributed by atoms with Crippen molar-refractivity contribution in [1.29, 1.82) is 0 Å². The summed E-state index contributed by atoms with van der Waals surface area (Å²) in [7, 11) is 0. The maximum Gasteiger partial charge on any atom is 0.294 e. The fourth-order valence-electron chi connectivity index (χ4n) is 5.24. The van der Waals surface area contributed by atoms with E-state index in [9.17, 15) is 23.2 Å². The maximum atomic E-state index is 14.5. The summed E-state index contributed by atoms with van der Waals surface area (Å²) < 4.78 is 33.5. The Morgan fingerprint density at radius 2 is 1.77 bits per heavy atom. The van der Waals surface area contributed by atoms with E-state index < -0.39 is 23.4 Å². The van der Waals surface area contributed by atoms with E-state index in [1.54, 1.807) is 6.92 Å². The zero-order valence-electron chi connectivity index (χ0n) is 22.2. The Hall–Kier alpha value is -4.53. The van der Waals surface area contributed by atoms with Gasteiger partial charge in [0.25, 0.3) is 11.8 Å². The molecule has 9 heteroatoms. The summed E-state index contributed by atoms with van der Waals surface area (Å²) in [5, 5.41) is 5.83. The van der Waals surface area contributed by atoms with Crippen LogP contribution in [0.3, 0.4) is 0 Å². The minimum Gasteiger partial charge on any atom is -0.488 e. The molecule has 1 unspecified atom stereocenters. The molecule has 0 aromatic heterocycles. The van der Waals surface area contributed by atoms with Gasteiger partial charge in [0.2, 0.25) is 5.91 Å². The van der Waals surface area contributed by atoms with Crippen LogP contribution in [0.1, 0.15) is 43.9 Å². The quantitative estimate of drug-likeness (QED) is 0.415. The number of anilines is 2. The second kappa shape index (κ2) is 11.3. The summed E-state index contributed by atoms with van der Waals surface area (Å²) in [5.41, 5.74) is 4.75. The van der Waals surface area contributed by atoms with Crippen LogP contribution in [0.2, 0.25) is 0 Å². The van der Waals surface area contributed by atoms with Crippen LogP contribution < -0.4 is 15.5 Å². The number of fused-ring (bicyclic) bond motifs is 1. The predicted octanol–water partition coefficient (Wildman–Crippen LogP) is 5.42. The van der Waals surface area contributed by atoms with Gasteiger partial charge in [-0.15, -0.1) is 0 Å². The number of nitrogens with one attached hydrogen (secondary N) is 2. The van der Waals surface area contributed by atoms with E-state index in [-0.39, 0.29) is 42.1 Å². The molecule has 1 heterocycles.